The van der Waals surface area contributed by atoms with Gasteiger partial charge in [-0.05, 0) is 55.5 Å². The maximum atomic E-state index is 12.9. The molecule has 4 aromatic rings. The normalized spacial score (nSPS) is 15.6. The van der Waals surface area contributed by atoms with E-state index in [2.05, 4.69) is 15.5 Å². The number of carbonyl (C=O) groups excluding carboxylic acids is 1. The van der Waals surface area contributed by atoms with E-state index in [1.807, 2.05) is 25.1 Å². The molecule has 12 nitrogen and oxygen atoms in total. The van der Waals surface area contributed by atoms with E-state index in [0.29, 0.717) is 51.6 Å². The van der Waals surface area contributed by atoms with Crippen LogP contribution in [-0.4, -0.2) is 76.7 Å². The lowest BCUT2D eigenvalue weighted by molar-refractivity contribution is -0.225. The van der Waals surface area contributed by atoms with Crippen molar-refractivity contribution < 1.29 is 42.5 Å². The molecule has 0 aliphatic heterocycles. The maximum absolute atomic E-state index is 12.9. The molecule has 1 amide bonds. The first-order chi connectivity index (χ1) is 21.4. The van der Waals surface area contributed by atoms with Crippen LogP contribution in [0.3, 0.4) is 0 Å². The second-order valence-corrected chi connectivity index (χ2v) is 10.5. The van der Waals surface area contributed by atoms with Gasteiger partial charge in [-0.1, -0.05) is 16.5 Å². The number of hydrogen-bond donors (Lipinski definition) is 1. The third-order valence-corrected chi connectivity index (χ3v) is 7.86. The summed E-state index contributed by atoms with van der Waals surface area (Å²) in [6.07, 6.45) is 4.44. The number of amides is 1. The number of anilines is 1. The molecule has 44 heavy (non-hydrogen) atoms. The van der Waals surface area contributed by atoms with Gasteiger partial charge in [0.1, 0.15) is 24.2 Å². The van der Waals surface area contributed by atoms with E-state index < -0.39 is 11.9 Å². The van der Waals surface area contributed by atoms with Crippen LogP contribution in [0.15, 0.2) is 59.1 Å². The molecule has 0 spiro atoms. The SMILES string of the molecule is CCOc1ccc2nc(NC(=O)COC3C=C(c4cc(-c5cc(OC)c(OC)c(OC)c5)no4)C=CC3(OC)OC)sc2c1. The number of benzene rings is 2. The summed E-state index contributed by atoms with van der Waals surface area (Å²) in [7, 11) is 7.62. The van der Waals surface area contributed by atoms with Crippen LogP contribution in [0, 0.1) is 0 Å². The first kappa shape index (κ1) is 31.0. The maximum Gasteiger partial charge on any atom is 0.252 e. The second-order valence-electron chi connectivity index (χ2n) is 9.44. The van der Waals surface area contributed by atoms with Crippen LogP contribution < -0.4 is 24.3 Å². The van der Waals surface area contributed by atoms with Gasteiger partial charge in [-0.2, -0.15) is 0 Å². The summed E-state index contributed by atoms with van der Waals surface area (Å²) < 4.78 is 45.9. The number of ether oxygens (including phenoxy) is 7. The van der Waals surface area contributed by atoms with Crippen molar-refractivity contribution in [2.24, 2.45) is 0 Å². The van der Waals surface area contributed by atoms with Crippen LogP contribution in [-0.2, 0) is 19.0 Å². The average molecular weight is 624 g/mol. The van der Waals surface area contributed by atoms with Gasteiger partial charge in [-0.3, -0.25) is 10.1 Å². The van der Waals surface area contributed by atoms with E-state index >= 15 is 0 Å². The molecule has 0 radical (unpaired) electrons. The fraction of sp³-hybridized carbons (Fsp3) is 0.323. The predicted octanol–water partition coefficient (Wildman–Crippen LogP) is 5.34. The van der Waals surface area contributed by atoms with Crippen molar-refractivity contribution in [3.8, 4) is 34.3 Å². The number of rotatable bonds is 13. The number of carbonyl (C=O) groups is 1. The van der Waals surface area contributed by atoms with E-state index in [1.165, 1.54) is 32.7 Å². The summed E-state index contributed by atoms with van der Waals surface area (Å²) in [6.45, 7) is 2.20. The van der Waals surface area contributed by atoms with E-state index in [4.69, 9.17) is 37.7 Å². The van der Waals surface area contributed by atoms with Gasteiger partial charge in [0, 0.05) is 31.4 Å². The molecule has 13 heteroatoms. The largest absolute Gasteiger partial charge is 0.494 e. The molecule has 5 rings (SSSR count). The Hall–Kier alpha value is -4.43. The fourth-order valence-corrected chi connectivity index (χ4v) is 5.64. The Kier molecular flexibility index (Phi) is 9.49. The zero-order valence-electron chi connectivity index (χ0n) is 25.2. The highest BCUT2D eigenvalue weighted by molar-refractivity contribution is 7.22. The summed E-state index contributed by atoms with van der Waals surface area (Å²) in [6, 6.07) is 10.9. The Balaban J connectivity index is 1.33. The van der Waals surface area contributed by atoms with Crippen molar-refractivity contribution in [3.05, 3.63) is 60.4 Å². The number of methoxy groups -OCH3 is 5. The van der Waals surface area contributed by atoms with Gasteiger partial charge < -0.3 is 37.7 Å². The minimum Gasteiger partial charge on any atom is -0.494 e. The topological polar surface area (TPSA) is 133 Å². The summed E-state index contributed by atoms with van der Waals surface area (Å²) in [5.74, 6) is 1.000. The zero-order valence-corrected chi connectivity index (χ0v) is 26.0. The summed E-state index contributed by atoms with van der Waals surface area (Å²) in [5.41, 5.74) is 2.66. The molecule has 2 aromatic carbocycles. The zero-order chi connectivity index (χ0) is 31.3. The van der Waals surface area contributed by atoms with Crippen molar-refractivity contribution in [2.75, 3.05) is 54.1 Å². The predicted molar refractivity (Wildman–Crippen MR) is 165 cm³/mol. The van der Waals surface area contributed by atoms with Crippen molar-refractivity contribution in [3.63, 3.8) is 0 Å². The van der Waals surface area contributed by atoms with Gasteiger partial charge in [0.25, 0.3) is 5.91 Å². The second kappa shape index (κ2) is 13.5. The molecular weight excluding hydrogens is 590 g/mol. The summed E-state index contributed by atoms with van der Waals surface area (Å²) in [4.78, 5) is 17.4. The van der Waals surface area contributed by atoms with Gasteiger partial charge >= 0.3 is 0 Å². The Morgan fingerprint density at radius 1 is 1.02 bits per heavy atom. The third kappa shape index (κ3) is 6.26. The van der Waals surface area contributed by atoms with Crippen molar-refractivity contribution in [2.45, 2.75) is 18.8 Å². The van der Waals surface area contributed by atoms with Crippen LogP contribution in [0.1, 0.15) is 12.7 Å². The Morgan fingerprint density at radius 2 is 1.77 bits per heavy atom. The molecule has 1 aliphatic rings. The number of nitrogens with one attached hydrogen (secondary N) is 1. The number of hydrogen-bond acceptors (Lipinski definition) is 12. The number of aromatic nitrogens is 2. The summed E-state index contributed by atoms with van der Waals surface area (Å²) >= 11 is 1.35. The fourth-order valence-electron chi connectivity index (χ4n) is 4.73. The van der Waals surface area contributed by atoms with Crippen LogP contribution in [0.4, 0.5) is 5.13 Å². The molecule has 1 atom stereocenters. The minimum atomic E-state index is -1.27. The lowest BCUT2D eigenvalue weighted by atomic mass is 9.96. The first-order valence-electron chi connectivity index (χ1n) is 13.6. The van der Waals surface area contributed by atoms with E-state index in [1.54, 1.807) is 50.6 Å². The van der Waals surface area contributed by atoms with Crippen LogP contribution in [0.5, 0.6) is 23.0 Å². The van der Waals surface area contributed by atoms with Gasteiger partial charge in [0.2, 0.25) is 11.5 Å². The Labute approximate surface area is 258 Å². The van der Waals surface area contributed by atoms with Crippen molar-refractivity contribution in [1.82, 2.24) is 10.1 Å². The number of thiazole rings is 1. The van der Waals surface area contributed by atoms with Gasteiger partial charge in [0.05, 0.1) is 38.2 Å². The molecule has 0 fully saturated rings. The highest BCUT2D eigenvalue weighted by atomic mass is 32.1. The molecule has 1 N–H and O–H groups in total. The standard InChI is InChI=1S/C31H33N3O9S/c1-7-41-20-8-9-21-26(15-20)44-30(32-21)33-28(35)17-42-27-14-18(10-11-31(27,39-5)40-6)23-16-22(34-43-23)19-12-24(36-2)29(38-4)25(13-19)37-3/h8-16,27H,7,17H2,1-6H3,(H,32,33,35). The molecule has 0 saturated carbocycles. The first-order valence-corrected chi connectivity index (χ1v) is 14.4. The van der Waals surface area contributed by atoms with Gasteiger partial charge in [-0.15, -0.1) is 0 Å². The minimum absolute atomic E-state index is 0.288. The summed E-state index contributed by atoms with van der Waals surface area (Å²) in [5, 5.41) is 7.49. The quantitative estimate of drug-likeness (QED) is 0.194. The van der Waals surface area contributed by atoms with Crippen LogP contribution in [0.25, 0.3) is 27.0 Å². The molecule has 1 unspecified atom stereocenters. The highest BCUT2D eigenvalue weighted by Crippen LogP contribution is 2.42. The molecule has 232 valence electrons. The molecule has 2 heterocycles. The smallest absolute Gasteiger partial charge is 0.252 e. The molecule has 2 aromatic heterocycles. The van der Waals surface area contributed by atoms with E-state index in [0.717, 1.165) is 16.0 Å². The Bertz CT molecular complexity index is 1660. The van der Waals surface area contributed by atoms with Crippen LogP contribution >= 0.6 is 11.3 Å². The van der Waals surface area contributed by atoms with Crippen molar-refractivity contribution in [1.29, 1.82) is 0 Å². The van der Waals surface area contributed by atoms with E-state index in [9.17, 15) is 4.79 Å². The molecule has 0 saturated heterocycles. The van der Waals surface area contributed by atoms with Crippen molar-refractivity contribution >= 4 is 38.2 Å². The lowest BCUT2D eigenvalue weighted by Gasteiger charge is -2.36. The number of fused-ring (bicyclic) bond motifs is 1. The highest BCUT2D eigenvalue weighted by Gasteiger charge is 2.40. The molecule has 1 aliphatic carbocycles. The molecule has 0 bridgehead atoms. The van der Waals surface area contributed by atoms with Gasteiger partial charge in [-0.25, -0.2) is 4.98 Å². The monoisotopic (exact) mass is 623 g/mol. The average Bonchev–Trinajstić information content (AvgIpc) is 3.70. The lowest BCUT2D eigenvalue weighted by Crippen LogP contribution is -2.47. The number of nitrogens with zero attached hydrogens (tertiary/aromatic N) is 2. The number of allylic oxidation sites excluding steroid dienone is 2. The van der Waals surface area contributed by atoms with Crippen LogP contribution in [0.2, 0.25) is 0 Å². The third-order valence-electron chi connectivity index (χ3n) is 6.93. The Morgan fingerprint density at radius 3 is 2.43 bits per heavy atom. The van der Waals surface area contributed by atoms with E-state index in [-0.39, 0.29) is 12.5 Å². The van der Waals surface area contributed by atoms with Gasteiger partial charge in [0.15, 0.2) is 22.4 Å². The molecular formula is C31H33N3O9S.